The Morgan fingerprint density at radius 1 is 0.926 bits per heavy atom. The van der Waals surface area contributed by atoms with Crippen LogP contribution in [0.1, 0.15) is 28.3 Å². The fraction of sp³-hybridized carbons (Fsp3) is 0.143. The minimum Gasteiger partial charge on any atom is -0.459 e. The lowest BCUT2D eigenvalue weighted by atomic mass is 10.2. The van der Waals surface area contributed by atoms with Crippen molar-refractivity contribution in [1.29, 1.82) is 0 Å². The summed E-state index contributed by atoms with van der Waals surface area (Å²) in [6.45, 7) is 2.09. The lowest BCUT2D eigenvalue weighted by Crippen LogP contribution is -2.15. The monoisotopic (exact) mass is 380 g/mol. The number of rotatable bonds is 7. The fourth-order valence-corrected chi connectivity index (χ4v) is 3.28. The molecule has 0 aliphatic carbocycles. The van der Waals surface area contributed by atoms with Crippen LogP contribution < -0.4 is 10.6 Å². The molecule has 2 amide bonds. The second-order valence-electron chi connectivity index (χ2n) is 5.92. The Labute approximate surface area is 162 Å². The number of benzene rings is 2. The van der Waals surface area contributed by atoms with E-state index in [0.29, 0.717) is 17.1 Å². The number of hydrogen-bond donors (Lipinski definition) is 2. The molecule has 1 aromatic heterocycles. The third-order valence-corrected chi connectivity index (χ3v) is 5.11. The van der Waals surface area contributed by atoms with Crippen LogP contribution in [0.2, 0.25) is 0 Å². The number of anilines is 2. The second-order valence-corrected chi connectivity index (χ2v) is 7.25. The first-order chi connectivity index (χ1) is 13.1. The van der Waals surface area contributed by atoms with Crippen LogP contribution in [-0.2, 0) is 4.79 Å². The van der Waals surface area contributed by atoms with Gasteiger partial charge in [0.25, 0.3) is 5.91 Å². The molecular weight excluding hydrogens is 360 g/mol. The van der Waals surface area contributed by atoms with Crippen LogP contribution in [0.3, 0.4) is 0 Å². The van der Waals surface area contributed by atoms with E-state index in [1.807, 2.05) is 18.2 Å². The molecule has 3 rings (SSSR count). The van der Waals surface area contributed by atoms with Crippen molar-refractivity contribution in [3.05, 3.63) is 84.3 Å². The van der Waals surface area contributed by atoms with Crippen LogP contribution >= 0.6 is 11.8 Å². The molecule has 27 heavy (non-hydrogen) atoms. The molecule has 0 aliphatic heterocycles. The first-order valence-corrected chi connectivity index (χ1v) is 9.58. The van der Waals surface area contributed by atoms with Gasteiger partial charge in [-0.25, -0.2) is 0 Å². The van der Waals surface area contributed by atoms with Crippen LogP contribution in [-0.4, -0.2) is 17.6 Å². The third kappa shape index (κ3) is 5.49. The second kappa shape index (κ2) is 9.09. The van der Waals surface area contributed by atoms with Crippen LogP contribution in [0, 0.1) is 0 Å². The van der Waals surface area contributed by atoms with Crippen molar-refractivity contribution in [2.45, 2.75) is 12.2 Å². The molecule has 1 heterocycles. The largest absolute Gasteiger partial charge is 0.459 e. The quantitative estimate of drug-likeness (QED) is 0.607. The standard InChI is InChI=1S/C21H20N2O3S/c1-15(16-6-3-2-4-7-16)27-14-20(24)22-17-9-11-18(12-10-17)23-21(25)19-8-5-13-26-19/h2-13,15H,14H2,1H3,(H,22,24)(H,23,25). The van der Waals surface area contributed by atoms with Crippen LogP contribution in [0.15, 0.2) is 77.4 Å². The van der Waals surface area contributed by atoms with Gasteiger partial charge in [-0.05, 0) is 48.9 Å². The Hall–Kier alpha value is -2.99. The molecule has 6 heteroatoms. The Morgan fingerprint density at radius 2 is 1.59 bits per heavy atom. The highest BCUT2D eigenvalue weighted by Crippen LogP contribution is 2.27. The molecule has 0 fully saturated rings. The zero-order chi connectivity index (χ0) is 19.1. The van der Waals surface area contributed by atoms with Gasteiger partial charge in [-0.2, -0.15) is 0 Å². The van der Waals surface area contributed by atoms with Crippen molar-refractivity contribution < 1.29 is 14.0 Å². The maximum Gasteiger partial charge on any atom is 0.291 e. The Balaban J connectivity index is 1.47. The lowest BCUT2D eigenvalue weighted by Gasteiger charge is -2.12. The number of carbonyl (C=O) groups is 2. The van der Waals surface area contributed by atoms with Gasteiger partial charge in [-0.1, -0.05) is 30.3 Å². The highest BCUT2D eigenvalue weighted by molar-refractivity contribution is 8.00. The molecule has 0 saturated carbocycles. The maximum atomic E-state index is 12.2. The van der Waals surface area contributed by atoms with Crippen LogP contribution in [0.4, 0.5) is 11.4 Å². The van der Waals surface area contributed by atoms with Gasteiger partial charge >= 0.3 is 0 Å². The minimum atomic E-state index is -0.317. The molecular formula is C21H20N2O3S. The van der Waals surface area contributed by atoms with Gasteiger partial charge in [0, 0.05) is 16.6 Å². The lowest BCUT2D eigenvalue weighted by molar-refractivity contribution is -0.113. The minimum absolute atomic E-state index is 0.0600. The SMILES string of the molecule is CC(SCC(=O)Nc1ccc(NC(=O)c2ccco2)cc1)c1ccccc1. The van der Waals surface area contributed by atoms with Gasteiger partial charge in [-0.3, -0.25) is 9.59 Å². The van der Waals surface area contributed by atoms with Gasteiger partial charge < -0.3 is 15.1 Å². The topological polar surface area (TPSA) is 71.3 Å². The van der Waals surface area contributed by atoms with E-state index >= 15 is 0 Å². The highest BCUT2D eigenvalue weighted by Gasteiger charge is 2.10. The molecule has 0 radical (unpaired) electrons. The zero-order valence-corrected chi connectivity index (χ0v) is 15.7. The van der Waals surface area contributed by atoms with Gasteiger partial charge in [0.1, 0.15) is 0 Å². The number of amides is 2. The summed E-state index contributed by atoms with van der Waals surface area (Å²) in [6, 6.07) is 20.3. The maximum absolute atomic E-state index is 12.2. The highest BCUT2D eigenvalue weighted by atomic mass is 32.2. The molecule has 0 aliphatic rings. The Bertz CT molecular complexity index is 878. The van der Waals surface area contributed by atoms with E-state index in [4.69, 9.17) is 4.42 Å². The van der Waals surface area contributed by atoms with E-state index in [1.165, 1.54) is 11.8 Å². The van der Waals surface area contributed by atoms with Crippen molar-refractivity contribution in [1.82, 2.24) is 0 Å². The molecule has 0 bridgehead atoms. The van der Waals surface area contributed by atoms with Crippen LogP contribution in [0.25, 0.3) is 0 Å². The average Bonchev–Trinajstić information content (AvgIpc) is 3.23. The van der Waals surface area contributed by atoms with Crippen molar-refractivity contribution in [3.63, 3.8) is 0 Å². The summed E-state index contributed by atoms with van der Waals surface area (Å²) in [6.07, 6.45) is 1.45. The Kier molecular flexibility index (Phi) is 6.33. The van der Waals surface area contributed by atoms with E-state index in [-0.39, 0.29) is 22.8 Å². The van der Waals surface area contributed by atoms with Gasteiger partial charge in [-0.15, -0.1) is 11.8 Å². The number of carbonyl (C=O) groups excluding carboxylic acids is 2. The fourth-order valence-electron chi connectivity index (χ4n) is 2.46. The summed E-state index contributed by atoms with van der Waals surface area (Å²) in [5, 5.41) is 5.85. The van der Waals surface area contributed by atoms with Crippen LogP contribution in [0.5, 0.6) is 0 Å². The number of hydrogen-bond acceptors (Lipinski definition) is 4. The summed E-state index contributed by atoms with van der Waals surface area (Å²) in [5.74, 6) is 0.239. The van der Waals surface area contributed by atoms with E-state index in [9.17, 15) is 9.59 Å². The van der Waals surface area contributed by atoms with Gasteiger partial charge in [0.15, 0.2) is 5.76 Å². The Morgan fingerprint density at radius 3 is 2.22 bits per heavy atom. The predicted octanol–water partition coefficient (Wildman–Crippen LogP) is 4.96. The first-order valence-electron chi connectivity index (χ1n) is 8.53. The molecule has 5 nitrogen and oxygen atoms in total. The van der Waals surface area contributed by atoms with E-state index < -0.39 is 0 Å². The number of thioether (sulfide) groups is 1. The van der Waals surface area contributed by atoms with E-state index in [1.54, 1.807) is 48.2 Å². The zero-order valence-electron chi connectivity index (χ0n) is 14.8. The number of furan rings is 1. The molecule has 1 atom stereocenters. The van der Waals surface area contributed by atoms with E-state index in [0.717, 1.165) is 0 Å². The molecule has 138 valence electrons. The summed E-state index contributed by atoms with van der Waals surface area (Å²) in [7, 11) is 0. The molecule has 1 unspecified atom stereocenters. The summed E-state index contributed by atoms with van der Waals surface area (Å²) < 4.78 is 5.05. The average molecular weight is 380 g/mol. The molecule has 2 aromatic carbocycles. The van der Waals surface area contributed by atoms with Crippen molar-refractivity contribution in [2.75, 3.05) is 16.4 Å². The smallest absolute Gasteiger partial charge is 0.291 e. The van der Waals surface area contributed by atoms with Crippen molar-refractivity contribution in [2.24, 2.45) is 0 Å². The van der Waals surface area contributed by atoms with Gasteiger partial charge in [0.05, 0.1) is 12.0 Å². The number of nitrogens with one attached hydrogen (secondary N) is 2. The molecule has 0 saturated heterocycles. The summed E-state index contributed by atoms with van der Waals surface area (Å²) in [4.78, 5) is 24.1. The first kappa shape index (κ1) is 18.8. The molecule has 3 aromatic rings. The third-order valence-electron chi connectivity index (χ3n) is 3.90. The predicted molar refractivity (Wildman–Crippen MR) is 109 cm³/mol. The van der Waals surface area contributed by atoms with Gasteiger partial charge in [0.2, 0.25) is 5.91 Å². The molecule has 2 N–H and O–H groups in total. The molecule has 0 spiro atoms. The summed E-state index contributed by atoms with van der Waals surface area (Å²) in [5.41, 5.74) is 2.51. The summed E-state index contributed by atoms with van der Waals surface area (Å²) >= 11 is 1.59. The normalized spacial score (nSPS) is 11.6. The van der Waals surface area contributed by atoms with Crippen molar-refractivity contribution >= 4 is 35.0 Å². The van der Waals surface area contributed by atoms with Crippen molar-refractivity contribution in [3.8, 4) is 0 Å². The van der Waals surface area contributed by atoms with E-state index in [2.05, 4.69) is 29.7 Å².